The second-order valence-corrected chi connectivity index (χ2v) is 4.31. The molecule has 0 amide bonds. The first-order valence-corrected chi connectivity index (χ1v) is 5.23. The minimum Gasteiger partial charge on any atom is -0.237 e. The van der Waals surface area contributed by atoms with E-state index in [1.807, 2.05) is 32.0 Å². The van der Waals surface area contributed by atoms with E-state index in [0.29, 0.717) is 4.90 Å². The van der Waals surface area contributed by atoms with E-state index in [4.69, 9.17) is 10.7 Å². The van der Waals surface area contributed by atoms with Crippen LogP contribution in [0, 0.1) is 13.8 Å². The third-order valence-electron chi connectivity index (χ3n) is 1.38. The minimum absolute atomic E-state index is 0.684. The first-order chi connectivity index (χ1) is 5.09. The molecule has 0 aliphatic carbocycles. The van der Waals surface area contributed by atoms with Gasteiger partial charge in [-0.15, -0.1) is 0 Å². The van der Waals surface area contributed by atoms with Crippen molar-refractivity contribution in [1.82, 2.24) is 0 Å². The second kappa shape index (κ2) is 3.37. The second-order valence-electron chi connectivity index (χ2n) is 2.55. The zero-order valence-electron chi connectivity index (χ0n) is 6.43. The number of hydrogen-bond acceptors (Lipinski definition) is 1. The fraction of sp³-hybridized carbons (Fsp3) is 0.250. The van der Waals surface area contributed by atoms with Gasteiger partial charge in [0, 0.05) is 0 Å². The van der Waals surface area contributed by atoms with Crippen LogP contribution in [-0.4, -0.2) is 4.21 Å². The van der Waals surface area contributed by atoms with E-state index in [0.717, 1.165) is 11.1 Å². The van der Waals surface area contributed by atoms with E-state index in [-0.39, 0.29) is 0 Å². The van der Waals surface area contributed by atoms with E-state index in [1.54, 1.807) is 0 Å². The number of aryl methyl sites for hydroxylation is 2. The van der Waals surface area contributed by atoms with Gasteiger partial charge in [-0.25, -0.2) is 4.21 Å². The van der Waals surface area contributed by atoms with Crippen molar-refractivity contribution in [2.45, 2.75) is 18.7 Å². The predicted octanol–water partition coefficient (Wildman–Crippen LogP) is 2.56. The van der Waals surface area contributed by atoms with Crippen LogP contribution >= 0.6 is 10.7 Å². The molecule has 1 rings (SSSR count). The maximum atomic E-state index is 10.8. The van der Waals surface area contributed by atoms with Crippen molar-refractivity contribution in [3.8, 4) is 0 Å². The van der Waals surface area contributed by atoms with Gasteiger partial charge in [0.15, 0.2) is 0 Å². The summed E-state index contributed by atoms with van der Waals surface area (Å²) < 4.78 is 10.8. The summed E-state index contributed by atoms with van der Waals surface area (Å²) >= 11 is 0. The molecule has 0 spiro atoms. The lowest BCUT2D eigenvalue weighted by atomic mass is 10.2. The lowest BCUT2D eigenvalue weighted by Gasteiger charge is -1.98. The van der Waals surface area contributed by atoms with Crippen LogP contribution < -0.4 is 0 Å². The first kappa shape index (κ1) is 8.75. The lowest BCUT2D eigenvalue weighted by Crippen LogP contribution is -1.84. The van der Waals surface area contributed by atoms with Crippen LogP contribution in [-0.2, 0) is 10.0 Å². The highest BCUT2D eigenvalue weighted by atomic mass is 35.7. The Morgan fingerprint density at radius 2 is 1.64 bits per heavy atom. The topological polar surface area (TPSA) is 17.1 Å². The van der Waals surface area contributed by atoms with Crippen molar-refractivity contribution in [3.05, 3.63) is 29.3 Å². The van der Waals surface area contributed by atoms with Crippen LogP contribution in [0.4, 0.5) is 0 Å². The van der Waals surface area contributed by atoms with Crippen LogP contribution in [0.2, 0.25) is 0 Å². The molecule has 0 bridgehead atoms. The molecular weight excluding hydrogens is 180 g/mol. The van der Waals surface area contributed by atoms with Crippen molar-refractivity contribution < 1.29 is 4.21 Å². The predicted molar refractivity (Wildman–Crippen MR) is 48.2 cm³/mol. The van der Waals surface area contributed by atoms with Crippen LogP contribution in [0.15, 0.2) is 23.1 Å². The SMILES string of the molecule is Cc1cc(C)cc(S(=O)Cl)c1. The Labute approximate surface area is 73.3 Å². The Morgan fingerprint density at radius 3 is 2.00 bits per heavy atom. The molecular formula is C8H9ClOS. The standard InChI is InChI=1S/C8H9ClOS/c1-6-3-7(2)5-8(4-6)11(9)10/h3-5H,1-2H3. The molecule has 0 radical (unpaired) electrons. The van der Waals surface area contributed by atoms with Gasteiger partial charge in [0.2, 0.25) is 0 Å². The molecule has 0 saturated carbocycles. The molecule has 1 unspecified atom stereocenters. The summed E-state index contributed by atoms with van der Waals surface area (Å²) in [7, 11) is 4.04. The molecule has 1 aromatic rings. The molecule has 1 atom stereocenters. The van der Waals surface area contributed by atoms with E-state index < -0.39 is 10.0 Å². The Bertz CT molecular complexity index is 276. The summed E-state index contributed by atoms with van der Waals surface area (Å²) in [6.07, 6.45) is 0. The quantitative estimate of drug-likeness (QED) is 0.620. The molecule has 0 aliphatic heterocycles. The van der Waals surface area contributed by atoms with Crippen LogP contribution in [0.3, 0.4) is 0 Å². The van der Waals surface area contributed by atoms with E-state index in [2.05, 4.69) is 0 Å². The largest absolute Gasteiger partial charge is 0.237 e. The number of halogens is 1. The number of hydrogen-bond donors (Lipinski definition) is 0. The highest BCUT2D eigenvalue weighted by Gasteiger charge is 2.00. The van der Waals surface area contributed by atoms with Gasteiger partial charge in [-0.2, -0.15) is 0 Å². The van der Waals surface area contributed by atoms with Crippen molar-refractivity contribution in [2.24, 2.45) is 0 Å². The average molecular weight is 189 g/mol. The minimum atomic E-state index is -1.38. The molecule has 0 saturated heterocycles. The summed E-state index contributed by atoms with van der Waals surface area (Å²) in [6, 6.07) is 5.68. The summed E-state index contributed by atoms with van der Waals surface area (Å²) in [5.41, 5.74) is 2.18. The number of rotatable bonds is 1. The Morgan fingerprint density at radius 1 is 1.18 bits per heavy atom. The molecule has 0 aromatic heterocycles. The highest BCUT2D eigenvalue weighted by molar-refractivity contribution is 8.08. The average Bonchev–Trinajstić information content (AvgIpc) is 1.85. The Hall–Kier alpha value is -0.340. The van der Waals surface area contributed by atoms with E-state index >= 15 is 0 Å². The van der Waals surface area contributed by atoms with Crippen LogP contribution in [0.5, 0.6) is 0 Å². The zero-order valence-corrected chi connectivity index (χ0v) is 8.00. The van der Waals surface area contributed by atoms with Gasteiger partial charge < -0.3 is 0 Å². The molecule has 0 aliphatic rings. The van der Waals surface area contributed by atoms with Gasteiger partial charge in [0.1, 0.15) is 10.0 Å². The molecule has 3 heteroatoms. The van der Waals surface area contributed by atoms with Crippen molar-refractivity contribution in [2.75, 3.05) is 0 Å². The van der Waals surface area contributed by atoms with Gasteiger partial charge in [-0.1, -0.05) is 6.07 Å². The molecule has 0 fully saturated rings. The molecule has 0 N–H and O–H groups in total. The van der Waals surface area contributed by atoms with Gasteiger partial charge in [-0.05, 0) is 47.8 Å². The maximum Gasteiger partial charge on any atom is 0.147 e. The van der Waals surface area contributed by atoms with E-state index in [9.17, 15) is 4.21 Å². The lowest BCUT2D eigenvalue weighted by molar-refractivity contribution is 0.691. The smallest absolute Gasteiger partial charge is 0.147 e. The summed E-state index contributed by atoms with van der Waals surface area (Å²) in [5.74, 6) is 0. The first-order valence-electron chi connectivity index (χ1n) is 3.26. The maximum absolute atomic E-state index is 10.8. The highest BCUT2D eigenvalue weighted by Crippen LogP contribution is 2.14. The molecule has 11 heavy (non-hydrogen) atoms. The van der Waals surface area contributed by atoms with Gasteiger partial charge in [-0.3, -0.25) is 0 Å². The Balaban J connectivity index is 3.19. The number of benzene rings is 1. The molecule has 60 valence electrons. The fourth-order valence-corrected chi connectivity index (χ4v) is 1.85. The third-order valence-corrected chi connectivity index (χ3v) is 2.52. The van der Waals surface area contributed by atoms with Crippen molar-refractivity contribution >= 4 is 20.7 Å². The molecule has 1 aromatic carbocycles. The molecule has 1 nitrogen and oxygen atoms in total. The van der Waals surface area contributed by atoms with Crippen molar-refractivity contribution in [3.63, 3.8) is 0 Å². The van der Waals surface area contributed by atoms with Gasteiger partial charge in [0.25, 0.3) is 0 Å². The van der Waals surface area contributed by atoms with Crippen LogP contribution in [0.1, 0.15) is 11.1 Å². The van der Waals surface area contributed by atoms with Gasteiger partial charge >= 0.3 is 0 Å². The van der Waals surface area contributed by atoms with E-state index in [1.165, 1.54) is 0 Å². The summed E-state index contributed by atoms with van der Waals surface area (Å²) in [4.78, 5) is 0.684. The van der Waals surface area contributed by atoms with Crippen molar-refractivity contribution in [1.29, 1.82) is 0 Å². The zero-order chi connectivity index (χ0) is 8.43. The van der Waals surface area contributed by atoms with Gasteiger partial charge in [0.05, 0.1) is 4.90 Å². The van der Waals surface area contributed by atoms with Crippen LogP contribution in [0.25, 0.3) is 0 Å². The summed E-state index contributed by atoms with van der Waals surface area (Å²) in [5, 5.41) is 0. The normalized spacial score (nSPS) is 13.0. The fourth-order valence-electron chi connectivity index (χ4n) is 1.03. The molecule has 0 heterocycles. The monoisotopic (exact) mass is 188 g/mol. The third kappa shape index (κ3) is 2.31. The Kier molecular flexibility index (Phi) is 2.68. The summed E-state index contributed by atoms with van der Waals surface area (Å²) in [6.45, 7) is 3.92.